The highest BCUT2D eigenvalue weighted by Crippen LogP contribution is 2.31. The molecule has 0 fully saturated rings. The van der Waals surface area contributed by atoms with Crippen molar-refractivity contribution in [3.8, 4) is 0 Å². The number of nitrogens with one attached hydrogen (secondary N) is 1. The second kappa shape index (κ2) is 12.7. The van der Waals surface area contributed by atoms with Crippen molar-refractivity contribution in [2.24, 2.45) is 0 Å². The maximum atomic E-state index is 11.8. The van der Waals surface area contributed by atoms with Gasteiger partial charge in [0, 0.05) is 42.9 Å². The zero-order chi connectivity index (χ0) is 19.4. The Hall–Kier alpha value is -0.653. The summed E-state index contributed by atoms with van der Waals surface area (Å²) in [4.78, 5) is 25.9. The first-order valence-corrected chi connectivity index (χ1v) is 12.2. The number of ether oxygens (including phenoxy) is 1. The second-order valence-electron chi connectivity index (χ2n) is 5.16. The van der Waals surface area contributed by atoms with Gasteiger partial charge in [-0.15, -0.1) is 0 Å². The Labute approximate surface area is 168 Å². The van der Waals surface area contributed by atoms with E-state index in [1.165, 1.54) is 0 Å². The Morgan fingerprint density at radius 1 is 1.23 bits per heavy atom. The molecule has 0 aromatic carbocycles. The molecule has 0 saturated carbocycles. The number of allylic oxidation sites excluding steroid dienone is 1. The Morgan fingerprint density at radius 2 is 1.85 bits per heavy atom. The standard InChI is InChI=1S/C16H26BrNO6SSi/c1-4-22-26(23-5-2,24-6-3)9-7-8-18-16(20)21-12-13-10-14(11-17)25-15(13)19/h10-11H,4-9,12H2,1-3H3,(H,18,20)/b14-11+. The van der Waals surface area contributed by atoms with Crippen LogP contribution < -0.4 is 5.32 Å². The van der Waals surface area contributed by atoms with Crippen LogP contribution in [0.3, 0.4) is 0 Å². The van der Waals surface area contributed by atoms with Gasteiger partial charge in [-0.3, -0.25) is 4.79 Å². The smallest absolute Gasteiger partial charge is 0.445 e. The summed E-state index contributed by atoms with van der Waals surface area (Å²) in [6.07, 6.45) is 1.78. The fourth-order valence-electron chi connectivity index (χ4n) is 2.28. The van der Waals surface area contributed by atoms with Crippen molar-refractivity contribution in [3.05, 3.63) is 21.5 Å². The highest BCUT2D eigenvalue weighted by molar-refractivity contribution is 9.11. The average molecular weight is 468 g/mol. The lowest BCUT2D eigenvalue weighted by atomic mass is 10.3. The quantitative estimate of drug-likeness (QED) is 0.346. The Morgan fingerprint density at radius 3 is 2.35 bits per heavy atom. The summed E-state index contributed by atoms with van der Waals surface area (Å²) >= 11 is 4.27. The topological polar surface area (TPSA) is 83.1 Å². The highest BCUT2D eigenvalue weighted by atomic mass is 79.9. The first-order valence-electron chi connectivity index (χ1n) is 8.55. The first kappa shape index (κ1) is 23.4. The number of rotatable bonds is 12. The minimum Gasteiger partial charge on any atom is -0.445 e. The third-order valence-corrected chi connectivity index (χ3v) is 8.14. The number of halogens is 1. The molecule has 148 valence electrons. The van der Waals surface area contributed by atoms with Crippen LogP contribution in [-0.2, 0) is 22.8 Å². The van der Waals surface area contributed by atoms with Gasteiger partial charge in [0.2, 0.25) is 5.12 Å². The number of thioether (sulfide) groups is 1. The monoisotopic (exact) mass is 467 g/mol. The van der Waals surface area contributed by atoms with Gasteiger partial charge < -0.3 is 23.3 Å². The molecular formula is C16H26BrNO6SSi. The summed E-state index contributed by atoms with van der Waals surface area (Å²) in [6.45, 7) is 7.65. The van der Waals surface area contributed by atoms with Crippen molar-refractivity contribution >= 4 is 47.7 Å². The van der Waals surface area contributed by atoms with Gasteiger partial charge in [0.05, 0.1) is 0 Å². The van der Waals surface area contributed by atoms with Crippen molar-refractivity contribution in [1.29, 1.82) is 0 Å². The SMILES string of the molecule is CCO[Si](CCCNC(=O)OCC1=C/C(=C\Br)SC1=O)(OCC)OCC. The van der Waals surface area contributed by atoms with Crippen molar-refractivity contribution < 1.29 is 27.6 Å². The highest BCUT2D eigenvalue weighted by Gasteiger charge is 2.39. The zero-order valence-electron chi connectivity index (χ0n) is 15.3. The van der Waals surface area contributed by atoms with Gasteiger partial charge in [-0.05, 0) is 50.0 Å². The summed E-state index contributed by atoms with van der Waals surface area (Å²) in [7, 11) is -2.69. The number of carbonyl (C=O) groups excluding carboxylic acids is 2. The van der Waals surface area contributed by atoms with E-state index in [9.17, 15) is 9.59 Å². The summed E-state index contributed by atoms with van der Waals surface area (Å²) in [6, 6.07) is 0.614. The lowest BCUT2D eigenvalue weighted by molar-refractivity contribution is -0.108. The van der Waals surface area contributed by atoms with Crippen LogP contribution in [0.15, 0.2) is 21.5 Å². The summed E-state index contributed by atoms with van der Waals surface area (Å²) < 4.78 is 22.4. The van der Waals surface area contributed by atoms with Crippen molar-refractivity contribution in [1.82, 2.24) is 5.32 Å². The number of amides is 1. The van der Waals surface area contributed by atoms with Crippen LogP contribution in [0.25, 0.3) is 0 Å². The van der Waals surface area contributed by atoms with Gasteiger partial charge in [-0.2, -0.15) is 0 Å². The molecule has 0 radical (unpaired) electrons. The number of hydrogen-bond donors (Lipinski definition) is 1. The molecule has 1 aliphatic heterocycles. The lowest BCUT2D eigenvalue weighted by Crippen LogP contribution is -2.46. The van der Waals surface area contributed by atoms with Gasteiger partial charge in [0.1, 0.15) is 6.61 Å². The van der Waals surface area contributed by atoms with Crippen LogP contribution in [0.1, 0.15) is 27.2 Å². The Balaban J connectivity index is 2.35. The molecule has 1 aliphatic rings. The van der Waals surface area contributed by atoms with Crippen LogP contribution >= 0.6 is 27.7 Å². The van der Waals surface area contributed by atoms with Gasteiger partial charge in [0.15, 0.2) is 0 Å². The Kier molecular flexibility index (Phi) is 11.4. The molecule has 0 aliphatic carbocycles. The van der Waals surface area contributed by atoms with Crippen LogP contribution in [0.2, 0.25) is 6.04 Å². The molecule has 0 spiro atoms. The van der Waals surface area contributed by atoms with Gasteiger partial charge >= 0.3 is 14.9 Å². The van der Waals surface area contributed by atoms with E-state index >= 15 is 0 Å². The summed E-state index contributed by atoms with van der Waals surface area (Å²) in [5, 5.41) is 2.56. The molecule has 0 aromatic rings. The third kappa shape index (κ3) is 7.93. The maximum absolute atomic E-state index is 11.8. The van der Waals surface area contributed by atoms with Gasteiger partial charge in [-0.25, -0.2) is 4.79 Å². The largest absolute Gasteiger partial charge is 0.500 e. The van der Waals surface area contributed by atoms with Crippen LogP contribution in [-0.4, -0.2) is 53.0 Å². The molecule has 10 heteroatoms. The summed E-state index contributed by atoms with van der Waals surface area (Å²) in [5.41, 5.74) is 0.464. The lowest BCUT2D eigenvalue weighted by Gasteiger charge is -2.28. The fraction of sp³-hybridized carbons (Fsp3) is 0.625. The van der Waals surface area contributed by atoms with E-state index in [4.69, 9.17) is 18.0 Å². The number of alkyl carbamates (subject to hydrolysis) is 1. The normalized spacial score (nSPS) is 16.1. The van der Waals surface area contributed by atoms with E-state index in [-0.39, 0.29) is 11.7 Å². The number of carbonyl (C=O) groups is 2. The molecule has 0 unspecified atom stereocenters. The Bertz CT molecular complexity index is 526. The molecule has 0 atom stereocenters. The molecule has 0 saturated heterocycles. The van der Waals surface area contributed by atoms with Crippen LogP contribution in [0.5, 0.6) is 0 Å². The molecular weight excluding hydrogens is 442 g/mol. The second-order valence-corrected chi connectivity index (χ2v) is 9.40. The molecule has 0 bridgehead atoms. The summed E-state index contributed by atoms with van der Waals surface area (Å²) in [5.74, 6) is 0. The molecule has 0 aromatic heterocycles. The third-order valence-electron chi connectivity index (χ3n) is 3.28. The van der Waals surface area contributed by atoms with E-state index < -0.39 is 14.9 Å². The average Bonchev–Trinajstić information content (AvgIpc) is 2.98. The van der Waals surface area contributed by atoms with E-state index in [1.807, 2.05) is 20.8 Å². The van der Waals surface area contributed by atoms with E-state index in [0.717, 1.165) is 16.7 Å². The minimum atomic E-state index is -2.69. The molecule has 1 heterocycles. The van der Waals surface area contributed by atoms with Crippen molar-refractivity contribution in [2.75, 3.05) is 33.0 Å². The minimum absolute atomic E-state index is 0.0441. The first-order chi connectivity index (χ1) is 12.5. The van der Waals surface area contributed by atoms with Gasteiger partial charge in [0.25, 0.3) is 0 Å². The predicted octanol–water partition coefficient (Wildman–Crippen LogP) is 3.59. The van der Waals surface area contributed by atoms with Crippen LogP contribution in [0, 0.1) is 0 Å². The predicted molar refractivity (Wildman–Crippen MR) is 107 cm³/mol. The molecule has 26 heavy (non-hydrogen) atoms. The van der Waals surface area contributed by atoms with E-state index in [2.05, 4.69) is 21.2 Å². The fourth-order valence-corrected chi connectivity index (χ4v) is 6.01. The zero-order valence-corrected chi connectivity index (χ0v) is 18.7. The van der Waals surface area contributed by atoms with Gasteiger partial charge in [-0.1, -0.05) is 15.9 Å². The van der Waals surface area contributed by atoms with Crippen molar-refractivity contribution in [2.45, 2.75) is 33.2 Å². The van der Waals surface area contributed by atoms with E-state index in [1.54, 1.807) is 11.1 Å². The number of hydrogen-bond acceptors (Lipinski definition) is 7. The molecule has 1 N–H and O–H groups in total. The molecule has 1 amide bonds. The van der Waals surface area contributed by atoms with Crippen molar-refractivity contribution in [3.63, 3.8) is 0 Å². The molecule has 7 nitrogen and oxygen atoms in total. The molecule has 1 rings (SSSR count). The van der Waals surface area contributed by atoms with Crippen LogP contribution in [0.4, 0.5) is 4.79 Å². The van der Waals surface area contributed by atoms with E-state index in [0.29, 0.717) is 44.4 Å². The maximum Gasteiger partial charge on any atom is 0.500 e.